The molecule has 1 aliphatic rings. The Labute approximate surface area is 268 Å². The largest absolute Gasteiger partial charge is 0.495 e. The van der Waals surface area contributed by atoms with Gasteiger partial charge in [0.1, 0.15) is 16.5 Å². The lowest BCUT2D eigenvalue weighted by atomic mass is 10.1. The summed E-state index contributed by atoms with van der Waals surface area (Å²) in [5.74, 6) is 1.94. The molecule has 1 amide bonds. The fourth-order valence-corrected chi connectivity index (χ4v) is 7.14. The SMILES string of the molecule is COc1ccccc1N1CCN(C(=O)c2csc(CSc3nnc(-c4ccccc4Cl)n3-c3cc(Cl)ccc3C)n2)CC1. The number of methoxy groups -OCH3 is 1. The Balaban J connectivity index is 1.17. The minimum atomic E-state index is -0.0501. The number of hydrogen-bond acceptors (Lipinski definition) is 8. The second kappa shape index (κ2) is 13.0. The van der Waals surface area contributed by atoms with E-state index >= 15 is 0 Å². The Kier molecular flexibility index (Phi) is 8.90. The summed E-state index contributed by atoms with van der Waals surface area (Å²) >= 11 is 15.9. The van der Waals surface area contributed by atoms with Crippen LogP contribution < -0.4 is 9.64 Å². The number of rotatable bonds is 8. The molecule has 1 aliphatic heterocycles. The Hall–Kier alpha value is -3.57. The van der Waals surface area contributed by atoms with Crippen LogP contribution in [0.2, 0.25) is 10.0 Å². The lowest BCUT2D eigenvalue weighted by molar-refractivity contribution is 0.0741. The van der Waals surface area contributed by atoms with Crippen LogP contribution in [0.3, 0.4) is 0 Å². The van der Waals surface area contributed by atoms with Crippen LogP contribution >= 0.6 is 46.3 Å². The van der Waals surface area contributed by atoms with E-state index in [0.717, 1.165) is 46.3 Å². The number of piperazine rings is 1. The molecular formula is C31H28Cl2N6O2S2. The third-order valence-corrected chi connectivity index (χ3v) is 9.78. The van der Waals surface area contributed by atoms with Crippen molar-refractivity contribution >= 4 is 57.9 Å². The highest BCUT2D eigenvalue weighted by molar-refractivity contribution is 7.98. The molecule has 0 N–H and O–H groups in total. The molecule has 5 aromatic rings. The number of aryl methyl sites for hydroxylation is 1. The molecule has 0 saturated carbocycles. The van der Waals surface area contributed by atoms with Gasteiger partial charge in [-0.25, -0.2) is 4.98 Å². The molecule has 220 valence electrons. The second-order valence-electron chi connectivity index (χ2n) is 9.92. The lowest BCUT2D eigenvalue weighted by Gasteiger charge is -2.36. The van der Waals surface area contributed by atoms with E-state index in [2.05, 4.69) is 15.1 Å². The van der Waals surface area contributed by atoms with Gasteiger partial charge in [0.05, 0.1) is 29.3 Å². The van der Waals surface area contributed by atoms with Gasteiger partial charge in [0.2, 0.25) is 0 Å². The number of nitrogens with zero attached hydrogens (tertiary/aromatic N) is 6. The van der Waals surface area contributed by atoms with Gasteiger partial charge >= 0.3 is 0 Å². The molecule has 0 aliphatic carbocycles. The highest BCUT2D eigenvalue weighted by Crippen LogP contribution is 2.35. The van der Waals surface area contributed by atoms with Gasteiger partial charge in [0.25, 0.3) is 5.91 Å². The quantitative estimate of drug-likeness (QED) is 0.163. The molecule has 2 aromatic heterocycles. The van der Waals surface area contributed by atoms with Gasteiger partial charge in [-0.15, -0.1) is 21.5 Å². The molecule has 0 atom stereocenters. The summed E-state index contributed by atoms with van der Waals surface area (Å²) in [6.07, 6.45) is 0. The monoisotopic (exact) mass is 650 g/mol. The molecule has 1 fully saturated rings. The minimum Gasteiger partial charge on any atom is -0.495 e. The number of carbonyl (C=O) groups excluding carboxylic acids is 1. The first-order valence-electron chi connectivity index (χ1n) is 13.6. The van der Waals surface area contributed by atoms with Crippen LogP contribution in [-0.4, -0.2) is 63.8 Å². The van der Waals surface area contributed by atoms with Crippen LogP contribution in [0.4, 0.5) is 5.69 Å². The van der Waals surface area contributed by atoms with E-state index in [1.165, 1.54) is 23.1 Å². The number of para-hydroxylation sites is 2. The minimum absolute atomic E-state index is 0.0501. The van der Waals surface area contributed by atoms with Gasteiger partial charge in [0, 0.05) is 42.1 Å². The summed E-state index contributed by atoms with van der Waals surface area (Å²) < 4.78 is 7.50. The molecule has 8 nitrogen and oxygen atoms in total. The average molecular weight is 652 g/mol. The van der Waals surface area contributed by atoms with Crippen LogP contribution in [-0.2, 0) is 5.75 Å². The van der Waals surface area contributed by atoms with E-state index < -0.39 is 0 Å². The van der Waals surface area contributed by atoms with Crippen molar-refractivity contribution in [2.24, 2.45) is 0 Å². The fourth-order valence-electron chi connectivity index (χ4n) is 5.03. The molecule has 6 rings (SSSR count). The Morgan fingerprint density at radius 2 is 1.74 bits per heavy atom. The maximum absolute atomic E-state index is 13.3. The normalized spacial score (nSPS) is 13.4. The van der Waals surface area contributed by atoms with Crippen LogP contribution in [0, 0.1) is 6.92 Å². The second-order valence-corrected chi connectivity index (χ2v) is 12.6. The third kappa shape index (κ3) is 6.24. The summed E-state index contributed by atoms with van der Waals surface area (Å²) in [6, 6.07) is 21.3. The van der Waals surface area contributed by atoms with E-state index in [4.69, 9.17) is 32.9 Å². The predicted octanol–water partition coefficient (Wildman–Crippen LogP) is 7.27. The van der Waals surface area contributed by atoms with Crippen LogP contribution in [0.25, 0.3) is 17.1 Å². The number of hydrogen-bond donors (Lipinski definition) is 0. The number of thiazole rings is 1. The fraction of sp³-hybridized carbons (Fsp3) is 0.226. The summed E-state index contributed by atoms with van der Waals surface area (Å²) in [4.78, 5) is 22.1. The van der Waals surface area contributed by atoms with E-state index in [0.29, 0.717) is 45.6 Å². The van der Waals surface area contributed by atoms with Gasteiger partial charge in [0.15, 0.2) is 11.0 Å². The van der Waals surface area contributed by atoms with Gasteiger partial charge < -0.3 is 14.5 Å². The predicted molar refractivity (Wildman–Crippen MR) is 174 cm³/mol. The van der Waals surface area contributed by atoms with Gasteiger partial charge in [-0.3, -0.25) is 9.36 Å². The van der Waals surface area contributed by atoms with Gasteiger partial charge in [-0.05, 0) is 48.9 Å². The highest BCUT2D eigenvalue weighted by atomic mass is 35.5. The number of thioether (sulfide) groups is 1. The van der Waals surface area contributed by atoms with Gasteiger partial charge in [-0.1, -0.05) is 65.3 Å². The molecule has 12 heteroatoms. The maximum Gasteiger partial charge on any atom is 0.273 e. The molecule has 0 radical (unpaired) electrons. The third-order valence-electron chi connectivity index (χ3n) is 7.25. The Bertz CT molecular complexity index is 1770. The summed E-state index contributed by atoms with van der Waals surface area (Å²) in [6.45, 7) is 4.71. The number of ether oxygens (including phenoxy) is 1. The standard InChI is InChI=1S/C31H28Cl2N6O2S2/c1-20-11-12-21(32)17-26(20)39-29(22-7-3-4-8-23(22)33)35-36-31(39)43-19-28-34-24(18-42-28)30(40)38-15-13-37(14-16-38)25-9-5-6-10-27(25)41-2/h3-12,17-18H,13-16,19H2,1-2H3. The van der Waals surface area contributed by atoms with Crippen LogP contribution in [0.15, 0.2) is 77.3 Å². The summed E-state index contributed by atoms with van der Waals surface area (Å²) in [7, 11) is 1.68. The number of aromatic nitrogens is 4. The number of carbonyl (C=O) groups is 1. The van der Waals surface area contributed by atoms with Crippen LogP contribution in [0.1, 0.15) is 21.1 Å². The zero-order chi connectivity index (χ0) is 29.9. The van der Waals surface area contributed by atoms with Crippen molar-refractivity contribution in [3.63, 3.8) is 0 Å². The molecule has 1 saturated heterocycles. The lowest BCUT2D eigenvalue weighted by Crippen LogP contribution is -2.49. The summed E-state index contributed by atoms with van der Waals surface area (Å²) in [5.41, 5.74) is 4.18. The first-order chi connectivity index (χ1) is 20.9. The summed E-state index contributed by atoms with van der Waals surface area (Å²) in [5, 5.41) is 13.6. The Morgan fingerprint density at radius 3 is 2.53 bits per heavy atom. The van der Waals surface area contributed by atoms with Gasteiger partial charge in [-0.2, -0.15) is 0 Å². The number of amides is 1. The molecule has 0 unspecified atom stereocenters. The van der Waals surface area contributed by atoms with E-state index in [-0.39, 0.29) is 5.91 Å². The van der Waals surface area contributed by atoms with Crippen molar-refractivity contribution in [3.05, 3.63) is 98.4 Å². The van der Waals surface area contributed by atoms with Crippen LogP contribution in [0.5, 0.6) is 5.75 Å². The topological polar surface area (TPSA) is 76.4 Å². The molecule has 0 bridgehead atoms. The zero-order valence-electron chi connectivity index (χ0n) is 23.5. The average Bonchev–Trinajstić information content (AvgIpc) is 3.68. The molecule has 43 heavy (non-hydrogen) atoms. The smallest absolute Gasteiger partial charge is 0.273 e. The Morgan fingerprint density at radius 1 is 0.977 bits per heavy atom. The molecule has 0 spiro atoms. The highest BCUT2D eigenvalue weighted by Gasteiger charge is 2.26. The number of benzene rings is 3. The van der Waals surface area contributed by atoms with E-state index in [1.54, 1.807) is 7.11 Å². The van der Waals surface area contributed by atoms with E-state index in [9.17, 15) is 4.79 Å². The first kappa shape index (κ1) is 29.5. The molecular weight excluding hydrogens is 623 g/mol. The number of halogens is 2. The van der Waals surface area contributed by atoms with Crippen molar-refractivity contribution in [3.8, 4) is 22.8 Å². The van der Waals surface area contributed by atoms with Crippen molar-refractivity contribution in [2.45, 2.75) is 17.8 Å². The van der Waals surface area contributed by atoms with Crippen molar-refractivity contribution in [1.29, 1.82) is 0 Å². The molecule has 3 heterocycles. The van der Waals surface area contributed by atoms with Crippen molar-refractivity contribution < 1.29 is 9.53 Å². The molecule has 3 aromatic carbocycles. The first-order valence-corrected chi connectivity index (χ1v) is 16.3. The number of anilines is 1. The zero-order valence-corrected chi connectivity index (χ0v) is 26.7. The van der Waals surface area contributed by atoms with Crippen molar-refractivity contribution in [1.82, 2.24) is 24.6 Å². The maximum atomic E-state index is 13.3. The van der Waals surface area contributed by atoms with E-state index in [1.807, 2.05) is 88.5 Å². The van der Waals surface area contributed by atoms with Crippen molar-refractivity contribution in [2.75, 3.05) is 38.2 Å².